The number of benzene rings is 2. The Morgan fingerprint density at radius 3 is 2.62 bits per heavy atom. The molecule has 1 atom stereocenters. The zero-order valence-corrected chi connectivity index (χ0v) is 17.4. The summed E-state index contributed by atoms with van der Waals surface area (Å²) >= 11 is 1.66. The van der Waals surface area contributed by atoms with E-state index >= 15 is 0 Å². The highest BCUT2D eigenvalue weighted by Gasteiger charge is 2.16. The first-order chi connectivity index (χ1) is 14.2. The van der Waals surface area contributed by atoms with Crippen LogP contribution in [0.25, 0.3) is 22.2 Å². The Bertz CT molecular complexity index is 1100. The molecule has 0 aliphatic rings. The second-order valence-electron chi connectivity index (χ2n) is 7.06. The number of H-pyrrole nitrogens is 1. The van der Waals surface area contributed by atoms with Crippen LogP contribution in [0, 0.1) is 0 Å². The van der Waals surface area contributed by atoms with Crippen molar-refractivity contribution in [3.05, 3.63) is 76.5 Å². The van der Waals surface area contributed by atoms with E-state index < -0.39 is 0 Å². The lowest BCUT2D eigenvalue weighted by molar-refractivity contribution is -0.121. The van der Waals surface area contributed by atoms with E-state index in [1.807, 2.05) is 54.8 Å². The molecule has 0 radical (unpaired) electrons. The zero-order chi connectivity index (χ0) is 20.2. The van der Waals surface area contributed by atoms with Crippen LogP contribution in [-0.2, 0) is 11.2 Å². The van der Waals surface area contributed by atoms with E-state index in [1.165, 1.54) is 10.4 Å². The fourth-order valence-corrected chi connectivity index (χ4v) is 4.36. The first-order valence-corrected chi connectivity index (χ1v) is 10.6. The molecule has 2 N–H and O–H groups in total. The Morgan fingerprint density at radius 2 is 1.90 bits per heavy atom. The van der Waals surface area contributed by atoms with Gasteiger partial charge in [-0.2, -0.15) is 0 Å². The molecule has 0 saturated carbocycles. The largest absolute Gasteiger partial charge is 0.497 e. The normalized spacial score (nSPS) is 12.1. The summed E-state index contributed by atoms with van der Waals surface area (Å²) in [7, 11) is 1.67. The molecule has 2 heterocycles. The maximum Gasteiger partial charge on any atom is 0.220 e. The summed E-state index contributed by atoms with van der Waals surface area (Å²) in [5, 5.41) is 6.31. The highest BCUT2D eigenvalue weighted by Crippen LogP contribution is 2.32. The lowest BCUT2D eigenvalue weighted by atomic mass is 10.0. The molecule has 1 amide bonds. The second kappa shape index (κ2) is 8.53. The maximum absolute atomic E-state index is 12.6. The van der Waals surface area contributed by atoms with E-state index in [0.29, 0.717) is 12.8 Å². The molecule has 2 aromatic carbocycles. The number of para-hydroxylation sites is 1. The maximum atomic E-state index is 12.6. The molecule has 4 aromatic rings. The molecule has 148 valence electrons. The quantitative estimate of drug-likeness (QED) is 0.414. The number of nitrogens with one attached hydrogen (secondary N) is 2. The molecule has 4 rings (SSSR count). The number of aromatic amines is 1. The first kappa shape index (κ1) is 19.3. The number of hydrogen-bond donors (Lipinski definition) is 2. The lowest BCUT2D eigenvalue weighted by Gasteiger charge is -2.12. The van der Waals surface area contributed by atoms with Crippen molar-refractivity contribution in [2.24, 2.45) is 0 Å². The summed E-state index contributed by atoms with van der Waals surface area (Å²) in [6.45, 7) is 2.03. The van der Waals surface area contributed by atoms with Crippen LogP contribution in [0.1, 0.15) is 29.8 Å². The number of ether oxygens (including phenoxy) is 1. The highest BCUT2D eigenvalue weighted by atomic mass is 32.1. The van der Waals surface area contributed by atoms with Gasteiger partial charge in [0.2, 0.25) is 5.91 Å². The number of aryl methyl sites for hydroxylation is 1. The van der Waals surface area contributed by atoms with Gasteiger partial charge in [0.1, 0.15) is 5.75 Å². The minimum absolute atomic E-state index is 0.0338. The van der Waals surface area contributed by atoms with Crippen LogP contribution in [-0.4, -0.2) is 18.0 Å². The van der Waals surface area contributed by atoms with E-state index in [9.17, 15) is 4.79 Å². The number of carbonyl (C=O) groups excluding carboxylic acids is 1. The molecule has 29 heavy (non-hydrogen) atoms. The number of thiophene rings is 1. The molecule has 4 nitrogen and oxygen atoms in total. The Balaban J connectivity index is 1.56. The summed E-state index contributed by atoms with van der Waals surface area (Å²) in [6.07, 6.45) is 1.12. The molecule has 2 aromatic heterocycles. The van der Waals surface area contributed by atoms with Gasteiger partial charge in [-0.05, 0) is 66.2 Å². The van der Waals surface area contributed by atoms with Gasteiger partial charge >= 0.3 is 0 Å². The summed E-state index contributed by atoms with van der Waals surface area (Å²) in [6, 6.07) is 20.4. The predicted octanol–water partition coefficient (Wildman–Crippen LogP) is 5.72. The van der Waals surface area contributed by atoms with Gasteiger partial charge < -0.3 is 15.0 Å². The van der Waals surface area contributed by atoms with E-state index in [1.54, 1.807) is 18.4 Å². The number of carbonyl (C=O) groups is 1. The average Bonchev–Trinajstić information content (AvgIpc) is 3.40. The van der Waals surface area contributed by atoms with Gasteiger partial charge in [-0.25, -0.2) is 0 Å². The molecule has 0 saturated heterocycles. The summed E-state index contributed by atoms with van der Waals surface area (Å²) < 4.78 is 5.28. The highest BCUT2D eigenvalue weighted by molar-refractivity contribution is 7.10. The number of methoxy groups -OCH3 is 1. The number of rotatable bonds is 7. The van der Waals surface area contributed by atoms with Crippen LogP contribution in [0.3, 0.4) is 0 Å². The molecule has 0 bridgehead atoms. The first-order valence-electron chi connectivity index (χ1n) is 9.72. The van der Waals surface area contributed by atoms with Gasteiger partial charge in [-0.3, -0.25) is 4.79 Å². The van der Waals surface area contributed by atoms with Crippen molar-refractivity contribution in [3.8, 4) is 17.0 Å². The SMILES string of the molecule is COc1ccc(-c2[nH]c3ccccc3c2CCC(=O)N[C@H](C)c2cccs2)cc1. The van der Waals surface area contributed by atoms with Crippen LogP contribution in [0.5, 0.6) is 5.75 Å². The van der Waals surface area contributed by atoms with Crippen molar-refractivity contribution >= 4 is 28.1 Å². The van der Waals surface area contributed by atoms with Gasteiger partial charge in [0, 0.05) is 27.9 Å². The number of aromatic nitrogens is 1. The number of amides is 1. The molecule has 0 spiro atoms. The van der Waals surface area contributed by atoms with Crippen LogP contribution < -0.4 is 10.1 Å². The molecular formula is C24H24N2O2S. The van der Waals surface area contributed by atoms with Crippen molar-refractivity contribution in [2.45, 2.75) is 25.8 Å². The van der Waals surface area contributed by atoms with Gasteiger partial charge in [0.05, 0.1) is 13.2 Å². The standard InChI is InChI=1S/C24H24N2O2S/c1-16(22-8-5-15-29-22)25-23(27)14-13-20-19-6-3-4-7-21(19)26-24(20)17-9-11-18(28-2)12-10-17/h3-12,15-16,26H,13-14H2,1-2H3,(H,25,27)/t16-/m1/s1. The van der Waals surface area contributed by atoms with Crippen LogP contribution in [0.4, 0.5) is 0 Å². The fourth-order valence-electron chi connectivity index (χ4n) is 3.62. The monoisotopic (exact) mass is 404 g/mol. The van der Waals surface area contributed by atoms with E-state index in [4.69, 9.17) is 4.74 Å². The Kier molecular flexibility index (Phi) is 5.67. The second-order valence-corrected chi connectivity index (χ2v) is 8.04. The fraction of sp³-hybridized carbons (Fsp3) is 0.208. The van der Waals surface area contributed by atoms with Crippen LogP contribution in [0.15, 0.2) is 66.0 Å². The molecule has 0 aliphatic carbocycles. The number of hydrogen-bond acceptors (Lipinski definition) is 3. The lowest BCUT2D eigenvalue weighted by Crippen LogP contribution is -2.26. The van der Waals surface area contributed by atoms with Gasteiger partial charge in [0.25, 0.3) is 0 Å². The van der Waals surface area contributed by atoms with Gasteiger partial charge in [0.15, 0.2) is 0 Å². The number of fused-ring (bicyclic) bond motifs is 1. The predicted molar refractivity (Wildman–Crippen MR) is 119 cm³/mol. The molecular weight excluding hydrogens is 380 g/mol. The topological polar surface area (TPSA) is 54.1 Å². The third kappa shape index (κ3) is 4.20. The van der Waals surface area contributed by atoms with Crippen LogP contribution >= 0.6 is 11.3 Å². The van der Waals surface area contributed by atoms with Crippen molar-refractivity contribution in [2.75, 3.05) is 7.11 Å². The van der Waals surface area contributed by atoms with Crippen molar-refractivity contribution in [1.82, 2.24) is 10.3 Å². The third-order valence-corrected chi connectivity index (χ3v) is 6.20. The van der Waals surface area contributed by atoms with Gasteiger partial charge in [-0.15, -0.1) is 11.3 Å². The van der Waals surface area contributed by atoms with E-state index in [-0.39, 0.29) is 11.9 Å². The molecule has 5 heteroatoms. The Labute approximate surface area is 174 Å². The third-order valence-electron chi connectivity index (χ3n) is 5.14. The Hall–Kier alpha value is -3.05. The van der Waals surface area contributed by atoms with Crippen molar-refractivity contribution < 1.29 is 9.53 Å². The summed E-state index contributed by atoms with van der Waals surface area (Å²) in [5.41, 5.74) is 4.41. The zero-order valence-electron chi connectivity index (χ0n) is 16.6. The van der Waals surface area contributed by atoms with Gasteiger partial charge in [-0.1, -0.05) is 24.3 Å². The average molecular weight is 405 g/mol. The molecule has 0 aliphatic heterocycles. The summed E-state index contributed by atoms with van der Waals surface area (Å²) in [4.78, 5) is 17.3. The minimum atomic E-state index is 0.0338. The van der Waals surface area contributed by atoms with E-state index in [2.05, 4.69) is 28.5 Å². The van der Waals surface area contributed by atoms with E-state index in [0.717, 1.165) is 27.9 Å². The minimum Gasteiger partial charge on any atom is -0.497 e. The summed E-state index contributed by atoms with van der Waals surface area (Å²) in [5.74, 6) is 0.894. The van der Waals surface area contributed by atoms with Crippen molar-refractivity contribution in [3.63, 3.8) is 0 Å². The Morgan fingerprint density at radius 1 is 1.10 bits per heavy atom. The molecule has 0 fully saturated rings. The molecule has 0 unspecified atom stereocenters. The van der Waals surface area contributed by atoms with Crippen molar-refractivity contribution in [1.29, 1.82) is 0 Å². The van der Waals surface area contributed by atoms with Crippen LogP contribution in [0.2, 0.25) is 0 Å². The smallest absolute Gasteiger partial charge is 0.220 e.